The van der Waals surface area contributed by atoms with Crippen LogP contribution in [0.3, 0.4) is 0 Å². The molecule has 2 aromatic rings. The zero-order valence-electron chi connectivity index (χ0n) is 9.60. The van der Waals surface area contributed by atoms with Crippen LogP contribution in [0.1, 0.15) is 23.3 Å². The quantitative estimate of drug-likeness (QED) is 0.861. The van der Waals surface area contributed by atoms with Crippen LogP contribution in [0.25, 0.3) is 0 Å². The fraction of sp³-hybridized carbons (Fsp3) is 0.455. The molecule has 0 saturated carbocycles. The minimum atomic E-state index is 0.762. The summed E-state index contributed by atoms with van der Waals surface area (Å²) >= 11 is 1.68. The van der Waals surface area contributed by atoms with Gasteiger partial charge in [0.15, 0.2) is 0 Å². The second-order valence-corrected chi connectivity index (χ2v) is 4.68. The van der Waals surface area contributed by atoms with Crippen LogP contribution in [0.15, 0.2) is 17.6 Å². The van der Waals surface area contributed by atoms with Crippen molar-refractivity contribution in [2.45, 2.75) is 26.9 Å². The Balaban J connectivity index is 2.06. The van der Waals surface area contributed by atoms with E-state index in [-0.39, 0.29) is 0 Å². The summed E-state index contributed by atoms with van der Waals surface area (Å²) in [6, 6.07) is 2.04. The Hall–Kier alpha value is -1.20. The van der Waals surface area contributed by atoms with Crippen molar-refractivity contribution in [1.82, 2.24) is 20.1 Å². The lowest BCUT2D eigenvalue weighted by Gasteiger charge is -2.05. The Morgan fingerprint density at radius 2 is 2.38 bits per heavy atom. The normalized spacial score (nSPS) is 10.9. The topological polar surface area (TPSA) is 42.7 Å². The summed E-state index contributed by atoms with van der Waals surface area (Å²) in [7, 11) is 0. The molecular formula is C11H16N4S. The number of nitrogens with zero attached hydrogens (tertiary/aromatic N) is 3. The van der Waals surface area contributed by atoms with Gasteiger partial charge in [-0.15, -0.1) is 11.3 Å². The molecule has 86 valence electrons. The standard InChI is InChI=1S/C11H16N4S/c1-3-12-6-11-4-5-13-15(11)7-10-8-16-9(2)14-10/h4-5,8,12H,3,6-7H2,1-2H3. The highest BCUT2D eigenvalue weighted by Gasteiger charge is 2.04. The molecule has 0 atom stereocenters. The molecule has 0 amide bonds. The van der Waals surface area contributed by atoms with E-state index in [2.05, 4.69) is 27.7 Å². The number of aryl methyl sites for hydroxylation is 1. The average molecular weight is 236 g/mol. The Morgan fingerprint density at radius 1 is 1.50 bits per heavy atom. The van der Waals surface area contributed by atoms with Crippen molar-refractivity contribution in [2.24, 2.45) is 0 Å². The van der Waals surface area contributed by atoms with E-state index in [4.69, 9.17) is 0 Å². The maximum Gasteiger partial charge on any atom is 0.0898 e. The smallest absolute Gasteiger partial charge is 0.0898 e. The van der Waals surface area contributed by atoms with Gasteiger partial charge in [-0.2, -0.15) is 5.10 Å². The van der Waals surface area contributed by atoms with Gasteiger partial charge in [0.05, 0.1) is 22.9 Å². The Kier molecular flexibility index (Phi) is 3.69. The Bertz CT molecular complexity index is 446. The number of hydrogen-bond acceptors (Lipinski definition) is 4. The molecule has 16 heavy (non-hydrogen) atoms. The fourth-order valence-corrected chi connectivity index (χ4v) is 2.14. The van der Waals surface area contributed by atoms with E-state index in [1.807, 2.05) is 23.9 Å². The van der Waals surface area contributed by atoms with Crippen LogP contribution in [0.2, 0.25) is 0 Å². The van der Waals surface area contributed by atoms with Crippen LogP contribution in [-0.4, -0.2) is 21.3 Å². The molecule has 5 heteroatoms. The van der Waals surface area contributed by atoms with Gasteiger partial charge in [-0.3, -0.25) is 4.68 Å². The first-order chi connectivity index (χ1) is 7.79. The molecule has 0 aliphatic carbocycles. The lowest BCUT2D eigenvalue weighted by Crippen LogP contribution is -2.16. The van der Waals surface area contributed by atoms with Gasteiger partial charge in [-0.25, -0.2) is 4.98 Å². The molecule has 0 bridgehead atoms. The van der Waals surface area contributed by atoms with Gasteiger partial charge < -0.3 is 5.32 Å². The molecule has 0 radical (unpaired) electrons. The summed E-state index contributed by atoms with van der Waals surface area (Å²) in [6.45, 7) is 6.72. The fourth-order valence-electron chi connectivity index (χ4n) is 1.54. The maximum absolute atomic E-state index is 4.44. The largest absolute Gasteiger partial charge is 0.311 e. The molecule has 0 saturated heterocycles. The minimum Gasteiger partial charge on any atom is -0.311 e. The summed E-state index contributed by atoms with van der Waals surface area (Å²) in [4.78, 5) is 4.44. The molecule has 0 unspecified atom stereocenters. The van der Waals surface area contributed by atoms with E-state index in [9.17, 15) is 0 Å². The van der Waals surface area contributed by atoms with Gasteiger partial charge in [0.25, 0.3) is 0 Å². The molecule has 2 aromatic heterocycles. The van der Waals surface area contributed by atoms with Crippen LogP contribution >= 0.6 is 11.3 Å². The molecule has 1 N–H and O–H groups in total. The van der Waals surface area contributed by atoms with E-state index < -0.39 is 0 Å². The lowest BCUT2D eigenvalue weighted by molar-refractivity contribution is 0.600. The van der Waals surface area contributed by atoms with Crippen molar-refractivity contribution >= 4 is 11.3 Å². The molecule has 2 heterocycles. The summed E-state index contributed by atoms with van der Waals surface area (Å²) in [5.41, 5.74) is 2.29. The monoisotopic (exact) mass is 236 g/mol. The van der Waals surface area contributed by atoms with Gasteiger partial charge in [-0.05, 0) is 19.5 Å². The predicted molar refractivity (Wildman–Crippen MR) is 65.6 cm³/mol. The highest BCUT2D eigenvalue weighted by molar-refractivity contribution is 7.09. The first-order valence-corrected chi connectivity index (χ1v) is 6.30. The second-order valence-electron chi connectivity index (χ2n) is 3.62. The molecule has 0 aliphatic rings. The Labute approximate surface area is 99.3 Å². The van der Waals surface area contributed by atoms with Gasteiger partial charge >= 0.3 is 0 Å². The third-order valence-corrected chi connectivity index (χ3v) is 3.16. The maximum atomic E-state index is 4.44. The second kappa shape index (κ2) is 5.23. The number of nitrogens with one attached hydrogen (secondary N) is 1. The SMILES string of the molecule is CCNCc1ccnn1Cc1csc(C)n1. The zero-order chi connectivity index (χ0) is 11.4. The summed E-state index contributed by atoms with van der Waals surface area (Å²) in [6.07, 6.45) is 1.84. The van der Waals surface area contributed by atoms with E-state index in [0.717, 1.165) is 30.3 Å². The first-order valence-electron chi connectivity index (χ1n) is 5.42. The average Bonchev–Trinajstić information content (AvgIpc) is 2.86. The number of hydrogen-bond donors (Lipinski definition) is 1. The van der Waals surface area contributed by atoms with E-state index in [1.165, 1.54) is 5.69 Å². The molecule has 2 rings (SSSR count). The van der Waals surface area contributed by atoms with Crippen LogP contribution in [-0.2, 0) is 13.1 Å². The molecule has 0 aromatic carbocycles. The van der Waals surface area contributed by atoms with Gasteiger partial charge in [0.2, 0.25) is 0 Å². The predicted octanol–water partition coefficient (Wildman–Crippen LogP) is 1.81. The molecule has 0 fully saturated rings. The van der Waals surface area contributed by atoms with Crippen molar-refractivity contribution in [3.05, 3.63) is 34.0 Å². The van der Waals surface area contributed by atoms with Crippen LogP contribution < -0.4 is 5.32 Å². The van der Waals surface area contributed by atoms with Crippen molar-refractivity contribution < 1.29 is 0 Å². The third-order valence-electron chi connectivity index (χ3n) is 2.34. The summed E-state index contributed by atoms with van der Waals surface area (Å²) < 4.78 is 2.00. The van der Waals surface area contributed by atoms with Gasteiger partial charge in [0, 0.05) is 18.1 Å². The van der Waals surface area contributed by atoms with Crippen molar-refractivity contribution in [1.29, 1.82) is 0 Å². The highest BCUT2D eigenvalue weighted by atomic mass is 32.1. The van der Waals surface area contributed by atoms with Gasteiger partial charge in [-0.1, -0.05) is 6.92 Å². The van der Waals surface area contributed by atoms with Crippen LogP contribution in [0, 0.1) is 6.92 Å². The molecule has 0 spiro atoms. The zero-order valence-corrected chi connectivity index (χ0v) is 10.4. The van der Waals surface area contributed by atoms with Gasteiger partial charge in [0.1, 0.15) is 0 Å². The first kappa shape index (κ1) is 11.3. The third kappa shape index (κ3) is 2.68. The minimum absolute atomic E-state index is 0.762. The van der Waals surface area contributed by atoms with E-state index >= 15 is 0 Å². The van der Waals surface area contributed by atoms with Crippen molar-refractivity contribution in [3.8, 4) is 0 Å². The molecule has 0 aliphatic heterocycles. The number of aromatic nitrogens is 3. The van der Waals surface area contributed by atoms with E-state index in [0.29, 0.717) is 0 Å². The highest BCUT2D eigenvalue weighted by Crippen LogP contribution is 2.10. The summed E-state index contributed by atoms with van der Waals surface area (Å²) in [5, 5.41) is 10.8. The van der Waals surface area contributed by atoms with Crippen LogP contribution in [0.5, 0.6) is 0 Å². The van der Waals surface area contributed by atoms with Crippen LogP contribution in [0.4, 0.5) is 0 Å². The van der Waals surface area contributed by atoms with Crippen molar-refractivity contribution in [2.75, 3.05) is 6.54 Å². The summed E-state index contributed by atoms with van der Waals surface area (Å²) in [5.74, 6) is 0. The van der Waals surface area contributed by atoms with Crippen molar-refractivity contribution in [3.63, 3.8) is 0 Å². The molecular weight excluding hydrogens is 220 g/mol. The van der Waals surface area contributed by atoms with E-state index in [1.54, 1.807) is 11.3 Å². The number of thiazole rings is 1. The Morgan fingerprint density at radius 3 is 3.06 bits per heavy atom. The molecule has 4 nitrogen and oxygen atoms in total. The lowest BCUT2D eigenvalue weighted by atomic mass is 10.4. The number of rotatable bonds is 5.